The summed E-state index contributed by atoms with van der Waals surface area (Å²) in [5.41, 5.74) is 4.03. The number of allylic oxidation sites excluding steroid dienone is 2. The van der Waals surface area contributed by atoms with Gasteiger partial charge >= 0.3 is 5.97 Å². The van der Waals surface area contributed by atoms with Gasteiger partial charge in [0, 0.05) is 34.3 Å². The van der Waals surface area contributed by atoms with Gasteiger partial charge in [-0.05, 0) is 42.5 Å². The molecule has 0 aromatic heterocycles. The molecule has 0 saturated heterocycles. The molecule has 0 saturated carbocycles. The molecule has 1 aliphatic heterocycles. The van der Waals surface area contributed by atoms with E-state index < -0.39 is 4.92 Å². The molecular weight excluding hydrogens is 380 g/mol. The number of carbonyl (C=O) groups excluding carboxylic acids is 1. The first-order chi connectivity index (χ1) is 13.4. The van der Waals surface area contributed by atoms with Crippen LogP contribution in [0.4, 0.5) is 11.4 Å². The normalized spacial score (nSPS) is 22.2. The second-order valence-electron chi connectivity index (χ2n) is 7.15. The minimum atomic E-state index is -0.415. The fourth-order valence-corrected chi connectivity index (χ4v) is 4.57. The molecule has 144 valence electrons. The summed E-state index contributed by atoms with van der Waals surface area (Å²) in [6.45, 7) is 1.97. The van der Waals surface area contributed by atoms with E-state index in [4.69, 9.17) is 16.3 Å². The zero-order chi connectivity index (χ0) is 20.0. The number of carbonyl (C=O) groups is 1. The summed E-state index contributed by atoms with van der Waals surface area (Å²) >= 11 is 6.44. The van der Waals surface area contributed by atoms with E-state index in [0.29, 0.717) is 16.1 Å². The number of aryl methyl sites for hydroxylation is 1. The number of esters is 1. The van der Waals surface area contributed by atoms with Gasteiger partial charge in [0.1, 0.15) is 0 Å². The quantitative estimate of drug-likeness (QED) is 0.334. The number of non-ortho nitro benzene ring substituents is 1. The van der Waals surface area contributed by atoms with E-state index >= 15 is 0 Å². The summed E-state index contributed by atoms with van der Waals surface area (Å²) in [5.74, 6) is -0.272. The Morgan fingerprint density at radius 1 is 1.32 bits per heavy atom. The van der Waals surface area contributed by atoms with Crippen molar-refractivity contribution in [2.24, 2.45) is 5.92 Å². The van der Waals surface area contributed by atoms with Crippen LogP contribution in [0.5, 0.6) is 0 Å². The summed E-state index contributed by atoms with van der Waals surface area (Å²) < 4.78 is 4.98. The Morgan fingerprint density at radius 2 is 2.11 bits per heavy atom. The third kappa shape index (κ3) is 2.85. The highest BCUT2D eigenvalue weighted by Crippen LogP contribution is 2.52. The lowest BCUT2D eigenvalue weighted by Gasteiger charge is -2.39. The molecule has 2 aromatic rings. The molecular formula is C21H19ClN2O4. The predicted octanol–water partition coefficient (Wildman–Crippen LogP) is 5.17. The van der Waals surface area contributed by atoms with Crippen LogP contribution < -0.4 is 5.32 Å². The third-order valence-corrected chi connectivity index (χ3v) is 6.00. The van der Waals surface area contributed by atoms with Crippen molar-refractivity contribution in [3.05, 3.63) is 79.9 Å². The zero-order valence-corrected chi connectivity index (χ0v) is 16.2. The average Bonchev–Trinajstić information content (AvgIpc) is 3.17. The molecule has 7 heteroatoms. The second-order valence-corrected chi connectivity index (χ2v) is 7.56. The number of ether oxygens (including phenoxy) is 1. The maximum absolute atomic E-state index is 12.3. The van der Waals surface area contributed by atoms with Crippen LogP contribution in [0.25, 0.3) is 0 Å². The highest BCUT2D eigenvalue weighted by atomic mass is 35.5. The van der Waals surface area contributed by atoms with E-state index in [9.17, 15) is 14.9 Å². The van der Waals surface area contributed by atoms with Crippen LogP contribution in [0, 0.1) is 23.0 Å². The molecule has 0 unspecified atom stereocenters. The molecule has 1 N–H and O–H groups in total. The first-order valence-corrected chi connectivity index (χ1v) is 9.39. The van der Waals surface area contributed by atoms with Gasteiger partial charge in [-0.1, -0.05) is 29.8 Å². The number of methoxy groups -OCH3 is 1. The van der Waals surface area contributed by atoms with Crippen LogP contribution in [0.3, 0.4) is 0 Å². The van der Waals surface area contributed by atoms with Crippen molar-refractivity contribution in [3.8, 4) is 0 Å². The Hall–Kier alpha value is -2.86. The fraction of sp³-hybridized carbons (Fsp3) is 0.286. The number of nitro groups is 1. The van der Waals surface area contributed by atoms with E-state index in [0.717, 1.165) is 23.2 Å². The van der Waals surface area contributed by atoms with Gasteiger partial charge in [-0.3, -0.25) is 10.1 Å². The zero-order valence-electron chi connectivity index (χ0n) is 15.4. The van der Waals surface area contributed by atoms with E-state index in [1.807, 2.05) is 13.0 Å². The van der Waals surface area contributed by atoms with Crippen molar-refractivity contribution in [2.75, 3.05) is 12.4 Å². The van der Waals surface area contributed by atoms with Crippen LogP contribution >= 0.6 is 11.6 Å². The molecule has 1 aliphatic carbocycles. The number of benzene rings is 2. The molecule has 0 amide bonds. The number of rotatable bonds is 3. The Labute approximate surface area is 167 Å². The number of nitro benzene ring substituents is 1. The predicted molar refractivity (Wildman–Crippen MR) is 107 cm³/mol. The molecule has 1 heterocycles. The monoisotopic (exact) mass is 398 g/mol. The highest BCUT2D eigenvalue weighted by Gasteiger charge is 2.41. The number of anilines is 1. The Kier molecular flexibility index (Phi) is 4.59. The van der Waals surface area contributed by atoms with Crippen molar-refractivity contribution >= 4 is 28.9 Å². The Morgan fingerprint density at radius 3 is 2.82 bits per heavy atom. The number of hydrogen-bond donors (Lipinski definition) is 1. The molecule has 2 aliphatic rings. The number of nitrogens with one attached hydrogen (secondary N) is 1. The summed E-state index contributed by atoms with van der Waals surface area (Å²) in [4.78, 5) is 23.2. The maximum Gasteiger partial charge on any atom is 0.338 e. The molecule has 28 heavy (non-hydrogen) atoms. The molecule has 4 rings (SSSR count). The van der Waals surface area contributed by atoms with Crippen LogP contribution in [0.1, 0.15) is 45.4 Å². The summed E-state index contributed by atoms with van der Waals surface area (Å²) in [6.07, 6.45) is 4.98. The van der Waals surface area contributed by atoms with Gasteiger partial charge in [0.05, 0.1) is 23.6 Å². The lowest BCUT2D eigenvalue weighted by Crippen LogP contribution is -2.31. The number of nitrogens with zero attached hydrogens (tertiary/aromatic N) is 1. The van der Waals surface area contributed by atoms with E-state index in [-0.39, 0.29) is 29.5 Å². The molecule has 6 nitrogen and oxygen atoms in total. The first-order valence-electron chi connectivity index (χ1n) is 9.01. The van der Waals surface area contributed by atoms with Crippen LogP contribution in [0.2, 0.25) is 5.02 Å². The standard InChI is InChI=1S/C21H19ClN2O4/c1-11-6-8-15(21(25)28-2)18-13-4-3-5-14(13)20(23-19(11)18)16-10-12(24(26)27)7-9-17(16)22/h3-4,6-10,13-14,20,23H,5H2,1-2H3/t13-,14+,20-/m1/s1. The van der Waals surface area contributed by atoms with E-state index in [2.05, 4.69) is 17.5 Å². The van der Waals surface area contributed by atoms with Gasteiger partial charge in [-0.25, -0.2) is 4.79 Å². The number of hydrogen-bond acceptors (Lipinski definition) is 5. The lowest BCUT2D eigenvalue weighted by molar-refractivity contribution is -0.384. The molecule has 0 radical (unpaired) electrons. The van der Waals surface area contributed by atoms with Crippen molar-refractivity contribution in [1.82, 2.24) is 0 Å². The molecule has 0 fully saturated rings. The van der Waals surface area contributed by atoms with Gasteiger partial charge in [-0.15, -0.1) is 0 Å². The summed E-state index contributed by atoms with van der Waals surface area (Å²) in [6, 6.07) is 8.00. The van der Waals surface area contributed by atoms with Gasteiger partial charge in [0.25, 0.3) is 5.69 Å². The average molecular weight is 399 g/mol. The van der Waals surface area contributed by atoms with Crippen molar-refractivity contribution < 1.29 is 14.5 Å². The second kappa shape index (κ2) is 6.95. The van der Waals surface area contributed by atoms with E-state index in [1.54, 1.807) is 18.2 Å². The van der Waals surface area contributed by atoms with E-state index in [1.165, 1.54) is 13.2 Å². The van der Waals surface area contributed by atoms with Gasteiger partial charge in [0.15, 0.2) is 0 Å². The third-order valence-electron chi connectivity index (χ3n) is 5.66. The highest BCUT2D eigenvalue weighted by molar-refractivity contribution is 6.31. The Bertz CT molecular complexity index is 1020. The van der Waals surface area contributed by atoms with Gasteiger partial charge in [-0.2, -0.15) is 0 Å². The topological polar surface area (TPSA) is 81.5 Å². The molecule has 0 spiro atoms. The van der Waals surface area contributed by atoms with Crippen molar-refractivity contribution in [3.63, 3.8) is 0 Å². The van der Waals surface area contributed by atoms with Gasteiger partial charge < -0.3 is 10.1 Å². The number of halogens is 1. The summed E-state index contributed by atoms with van der Waals surface area (Å²) in [5, 5.41) is 15.3. The SMILES string of the molecule is COC(=O)c1ccc(C)c2c1[C@@H]1C=CC[C@@H]1[C@H](c1cc([N+](=O)[O-])ccc1Cl)N2. The van der Waals surface area contributed by atoms with Crippen LogP contribution in [0.15, 0.2) is 42.5 Å². The van der Waals surface area contributed by atoms with Crippen LogP contribution in [-0.2, 0) is 4.74 Å². The molecule has 2 aromatic carbocycles. The van der Waals surface area contributed by atoms with Crippen LogP contribution in [-0.4, -0.2) is 18.0 Å². The van der Waals surface area contributed by atoms with Gasteiger partial charge in [0.2, 0.25) is 0 Å². The lowest BCUT2D eigenvalue weighted by atomic mass is 9.74. The molecule has 3 atom stereocenters. The van der Waals surface area contributed by atoms with Crippen molar-refractivity contribution in [2.45, 2.75) is 25.3 Å². The minimum Gasteiger partial charge on any atom is -0.465 e. The first kappa shape index (κ1) is 18.5. The fourth-order valence-electron chi connectivity index (χ4n) is 4.33. The number of fused-ring (bicyclic) bond motifs is 3. The smallest absolute Gasteiger partial charge is 0.338 e. The van der Waals surface area contributed by atoms with Crippen molar-refractivity contribution in [1.29, 1.82) is 0 Å². The summed E-state index contributed by atoms with van der Waals surface area (Å²) in [7, 11) is 1.37. The molecule has 0 bridgehead atoms. The largest absolute Gasteiger partial charge is 0.465 e. The minimum absolute atomic E-state index is 0.00517. The Balaban J connectivity index is 1.88. The maximum atomic E-state index is 12.3.